The molecule has 23 nitrogen and oxygen atoms in total. The molecule has 0 aromatic heterocycles. The highest BCUT2D eigenvalue weighted by molar-refractivity contribution is 5.98. The summed E-state index contributed by atoms with van der Waals surface area (Å²) in [5, 5.41) is 31.8. The number of unbranched alkanes of at least 4 members (excludes halogenated alkanes) is 1. The lowest BCUT2D eigenvalue weighted by Gasteiger charge is -2.31. The lowest BCUT2D eigenvalue weighted by molar-refractivity contribution is -0.143. The molecule has 0 aliphatic carbocycles. The van der Waals surface area contributed by atoms with Crippen LogP contribution >= 0.6 is 0 Å². The number of carbonyl (C=O) groups excluding carboxylic acids is 8. The Bertz CT molecular complexity index is 1880. The number of nitrogens with zero attached hydrogens (tertiary/aromatic N) is 1. The maximum atomic E-state index is 14.4. The first kappa shape index (κ1) is 70.4. The minimum Gasteiger partial charge on any atom is -0.480 e. The Hall–Kier alpha value is -5.58. The summed E-state index contributed by atoms with van der Waals surface area (Å²) in [4.78, 5) is 128. The lowest BCUT2D eigenvalue weighted by atomic mass is 9.95. The molecular weight excluding hydrogens is 979 g/mol. The molecule has 0 aromatic rings. The normalized spacial score (nSPS) is 15.9. The standard InChI is InChI=1S/C53H101N13O10/c1-15-33(13)42(50(73)60-36(20-17-18-22-54)45(68)64-41(32(11)12)52(75)76)66-49(72)40(27-31(9)10)62-47(70)38(25-29(5)6)61-48(71)39(26-30(7)8)63-51(74)43(34(14)16-2)65-46(69)37(21-19-23-58-53(56)57)59-44(67)35(55)24-28(3)4/h28-43H,15-27,54-55H2,1-14H3,(H,59,67)(H,60,73)(H,61,71)(H,62,70)(H,63,74)(H,64,68)(H,65,69)(H,66,72)(H,75,76)(H4,56,57,58)/t33-,34-,35-,36-,37-,38-,39-,40-,41-,42-,43-/m0/s1. The predicted octanol–water partition coefficient (Wildman–Crippen LogP) is 1.39. The maximum Gasteiger partial charge on any atom is 0.326 e. The second-order valence-electron chi connectivity index (χ2n) is 22.5. The fraction of sp³-hybridized carbons (Fsp3) is 0.811. The summed E-state index contributed by atoms with van der Waals surface area (Å²) < 4.78 is 0. The molecular formula is C53H101N13O10. The van der Waals surface area contributed by atoms with Crippen LogP contribution in [0.3, 0.4) is 0 Å². The van der Waals surface area contributed by atoms with Crippen LogP contribution in [0.15, 0.2) is 4.99 Å². The van der Waals surface area contributed by atoms with Crippen LogP contribution in [-0.4, -0.2) is 132 Å². The van der Waals surface area contributed by atoms with Gasteiger partial charge in [-0.1, -0.05) is 110 Å². The zero-order chi connectivity index (χ0) is 58.6. The van der Waals surface area contributed by atoms with Crippen LogP contribution in [0, 0.1) is 41.4 Å². The van der Waals surface area contributed by atoms with Gasteiger partial charge in [0, 0.05) is 6.54 Å². The highest BCUT2D eigenvalue weighted by Gasteiger charge is 2.37. The smallest absolute Gasteiger partial charge is 0.326 e. The molecule has 8 amide bonds. The van der Waals surface area contributed by atoms with Gasteiger partial charge in [0.15, 0.2) is 5.96 Å². The van der Waals surface area contributed by atoms with Crippen molar-refractivity contribution in [2.24, 2.45) is 69.4 Å². The zero-order valence-corrected chi connectivity index (χ0v) is 48.3. The van der Waals surface area contributed by atoms with Crippen molar-refractivity contribution in [1.29, 1.82) is 0 Å². The molecule has 0 saturated heterocycles. The minimum atomic E-state index is -1.23. The van der Waals surface area contributed by atoms with Gasteiger partial charge in [-0.2, -0.15) is 0 Å². The van der Waals surface area contributed by atoms with Crippen LogP contribution < -0.4 is 65.5 Å². The first-order valence-electron chi connectivity index (χ1n) is 27.6. The first-order chi connectivity index (χ1) is 35.4. The summed E-state index contributed by atoms with van der Waals surface area (Å²) in [6.45, 7) is 26.0. The van der Waals surface area contributed by atoms with Gasteiger partial charge < -0.3 is 70.6 Å². The molecule has 0 aromatic carbocycles. The van der Waals surface area contributed by atoms with Crippen LogP contribution in [0.25, 0.3) is 0 Å². The summed E-state index contributed by atoms with van der Waals surface area (Å²) in [6.07, 6.45) is 3.28. The minimum absolute atomic E-state index is 0.108. The number of rotatable bonds is 38. The number of amides is 8. The van der Waals surface area contributed by atoms with Crippen molar-refractivity contribution in [3.8, 4) is 0 Å². The van der Waals surface area contributed by atoms with Crippen LogP contribution in [-0.2, 0) is 43.2 Å². The van der Waals surface area contributed by atoms with Crippen molar-refractivity contribution in [2.45, 2.75) is 222 Å². The average molecular weight is 1080 g/mol. The first-order valence-corrected chi connectivity index (χ1v) is 27.6. The number of guanidine groups is 1. The fourth-order valence-electron chi connectivity index (χ4n) is 8.28. The fourth-order valence-corrected chi connectivity index (χ4v) is 8.28. The quantitative estimate of drug-likeness (QED) is 0.0236. The number of hydrogen-bond acceptors (Lipinski definition) is 12. The largest absolute Gasteiger partial charge is 0.480 e. The van der Waals surface area contributed by atoms with E-state index >= 15 is 0 Å². The van der Waals surface area contributed by atoms with Gasteiger partial charge in [-0.05, 0) is 106 Å². The Morgan fingerprint density at radius 3 is 1.11 bits per heavy atom. The molecule has 0 spiro atoms. The Morgan fingerprint density at radius 2 is 0.763 bits per heavy atom. The molecule has 17 N–H and O–H groups in total. The number of carboxylic acid groups (broad SMARTS) is 1. The van der Waals surface area contributed by atoms with Crippen molar-refractivity contribution in [1.82, 2.24) is 42.5 Å². The predicted molar refractivity (Wildman–Crippen MR) is 295 cm³/mol. The van der Waals surface area contributed by atoms with E-state index in [1.807, 2.05) is 69.2 Å². The monoisotopic (exact) mass is 1080 g/mol. The van der Waals surface area contributed by atoms with Crippen LogP contribution in [0.1, 0.15) is 168 Å². The third-order valence-electron chi connectivity index (χ3n) is 13.1. The average Bonchev–Trinajstić information content (AvgIpc) is 3.32. The van der Waals surface area contributed by atoms with E-state index in [0.29, 0.717) is 45.1 Å². The van der Waals surface area contributed by atoms with Gasteiger partial charge in [0.1, 0.15) is 48.3 Å². The Balaban J connectivity index is 6.79. The summed E-state index contributed by atoms with van der Waals surface area (Å²) in [5.41, 5.74) is 22.8. The molecule has 11 atom stereocenters. The summed E-state index contributed by atoms with van der Waals surface area (Å²) in [6, 6.07) is -10.2. The second kappa shape index (κ2) is 36.5. The molecule has 0 aliphatic rings. The van der Waals surface area contributed by atoms with Crippen molar-refractivity contribution in [3.63, 3.8) is 0 Å². The van der Waals surface area contributed by atoms with E-state index in [0.717, 1.165) is 0 Å². The number of nitrogens with two attached hydrogens (primary N) is 4. The molecule has 0 bridgehead atoms. The summed E-state index contributed by atoms with van der Waals surface area (Å²) in [5.74, 6) is -8.22. The molecule has 76 heavy (non-hydrogen) atoms. The van der Waals surface area contributed by atoms with Crippen molar-refractivity contribution in [2.75, 3.05) is 13.1 Å². The molecule has 0 heterocycles. The highest BCUT2D eigenvalue weighted by Crippen LogP contribution is 2.17. The SMILES string of the molecule is CC[C@H](C)[C@H](NC(=O)[C@H](CCCN=C(N)N)NC(=O)[C@@H](N)CC(C)C)C(=O)N[C@@H](CC(C)C)C(=O)N[C@@H](CC(C)C)C(=O)N[C@@H](CC(C)C)C(=O)N[C@H](C(=O)N[C@@H](CCCCN)C(=O)N[C@H](C(=O)O)C(C)C)[C@@H](C)CC. The second-order valence-corrected chi connectivity index (χ2v) is 22.5. The van der Waals surface area contributed by atoms with Gasteiger partial charge in [0.2, 0.25) is 47.3 Å². The van der Waals surface area contributed by atoms with Gasteiger partial charge in [-0.3, -0.25) is 43.3 Å². The third kappa shape index (κ3) is 27.5. The van der Waals surface area contributed by atoms with E-state index in [9.17, 15) is 48.3 Å². The Kier molecular flexibility index (Phi) is 33.8. The molecule has 0 saturated carbocycles. The molecule has 0 rings (SSSR count). The van der Waals surface area contributed by atoms with Gasteiger partial charge in [-0.15, -0.1) is 0 Å². The van der Waals surface area contributed by atoms with E-state index in [2.05, 4.69) is 47.5 Å². The van der Waals surface area contributed by atoms with Gasteiger partial charge in [0.25, 0.3) is 0 Å². The lowest BCUT2D eigenvalue weighted by Crippen LogP contribution is -2.61. The van der Waals surface area contributed by atoms with Gasteiger partial charge in [0.05, 0.1) is 6.04 Å². The van der Waals surface area contributed by atoms with Crippen molar-refractivity contribution in [3.05, 3.63) is 0 Å². The van der Waals surface area contributed by atoms with Crippen LogP contribution in [0.4, 0.5) is 0 Å². The summed E-state index contributed by atoms with van der Waals surface area (Å²) in [7, 11) is 0. The Labute approximate surface area is 453 Å². The van der Waals surface area contributed by atoms with E-state index in [-0.39, 0.29) is 68.3 Å². The molecule has 438 valence electrons. The number of carbonyl (C=O) groups is 9. The Morgan fingerprint density at radius 1 is 0.434 bits per heavy atom. The zero-order valence-electron chi connectivity index (χ0n) is 48.3. The van der Waals surface area contributed by atoms with E-state index < -0.39 is 125 Å². The number of aliphatic carboxylic acids is 1. The van der Waals surface area contributed by atoms with Crippen LogP contribution in [0.5, 0.6) is 0 Å². The third-order valence-corrected chi connectivity index (χ3v) is 13.1. The van der Waals surface area contributed by atoms with E-state index in [1.165, 1.54) is 0 Å². The van der Waals surface area contributed by atoms with Crippen LogP contribution in [0.2, 0.25) is 0 Å². The topological polar surface area (TPSA) is 387 Å². The molecule has 23 heteroatoms. The molecule has 0 radical (unpaired) electrons. The maximum absolute atomic E-state index is 14.4. The number of aliphatic imine (C=N–C) groups is 1. The molecule has 0 unspecified atom stereocenters. The number of nitrogens with one attached hydrogen (secondary N) is 8. The molecule has 0 fully saturated rings. The van der Waals surface area contributed by atoms with E-state index in [1.54, 1.807) is 27.7 Å². The van der Waals surface area contributed by atoms with Gasteiger partial charge >= 0.3 is 5.97 Å². The number of carboxylic acids is 1. The van der Waals surface area contributed by atoms with Crippen molar-refractivity contribution >= 4 is 59.2 Å². The van der Waals surface area contributed by atoms with E-state index in [4.69, 9.17) is 22.9 Å². The highest BCUT2D eigenvalue weighted by atomic mass is 16.4. The number of hydrogen-bond donors (Lipinski definition) is 13. The van der Waals surface area contributed by atoms with Crippen molar-refractivity contribution < 1.29 is 48.3 Å². The molecule has 0 aliphatic heterocycles. The summed E-state index contributed by atoms with van der Waals surface area (Å²) >= 11 is 0. The van der Waals surface area contributed by atoms with Gasteiger partial charge in [-0.25, -0.2) is 4.79 Å².